The first-order valence-electron chi connectivity index (χ1n) is 5.75. The summed E-state index contributed by atoms with van der Waals surface area (Å²) in [5, 5.41) is 12.9. The fourth-order valence-electron chi connectivity index (χ4n) is 2.07. The van der Waals surface area contributed by atoms with E-state index in [9.17, 15) is 0 Å². The summed E-state index contributed by atoms with van der Waals surface area (Å²) in [5.41, 5.74) is 0. The van der Waals surface area contributed by atoms with Crippen molar-refractivity contribution >= 4 is 35.0 Å². The summed E-state index contributed by atoms with van der Waals surface area (Å²) < 4.78 is 1.82. The van der Waals surface area contributed by atoms with Crippen LogP contribution in [0.1, 0.15) is 31.7 Å². The molecule has 1 fully saturated rings. The maximum Gasteiger partial charge on any atom is 0.227 e. The Labute approximate surface area is 123 Å². The molecule has 0 amide bonds. The van der Waals surface area contributed by atoms with Gasteiger partial charge in [-0.25, -0.2) is 4.68 Å². The van der Waals surface area contributed by atoms with Crippen LogP contribution in [-0.4, -0.2) is 35.2 Å². The van der Waals surface area contributed by atoms with Gasteiger partial charge < -0.3 is 0 Å². The van der Waals surface area contributed by atoms with Crippen LogP contribution in [0.2, 0.25) is 10.6 Å². The molecule has 0 atom stereocenters. The third-order valence-corrected chi connectivity index (χ3v) is 4.03. The number of hydrogen-bond donors (Lipinski definition) is 0. The van der Waals surface area contributed by atoms with Crippen LogP contribution in [0, 0.1) is 0 Å². The number of nitrogens with zero attached hydrogens (tertiary/aromatic N) is 7. The number of aromatic nitrogens is 7. The van der Waals surface area contributed by atoms with Crippen molar-refractivity contribution in [2.24, 2.45) is 0 Å². The Morgan fingerprint density at radius 1 is 1.05 bits per heavy atom. The van der Waals surface area contributed by atoms with E-state index in [1.165, 1.54) is 24.6 Å². The molecule has 0 N–H and O–H groups in total. The summed E-state index contributed by atoms with van der Waals surface area (Å²) in [6.45, 7) is 0. The molecule has 1 aliphatic rings. The molecule has 0 bridgehead atoms. The van der Waals surface area contributed by atoms with Gasteiger partial charge in [-0.15, -0.1) is 5.10 Å². The maximum atomic E-state index is 5.74. The van der Waals surface area contributed by atoms with E-state index in [2.05, 4.69) is 30.5 Å². The molecule has 1 aliphatic carbocycles. The Hall–Kier alpha value is -0.990. The largest absolute Gasteiger partial charge is 0.227 e. The van der Waals surface area contributed by atoms with E-state index in [1.807, 2.05) is 4.68 Å². The Kier molecular flexibility index (Phi) is 3.81. The van der Waals surface area contributed by atoms with Gasteiger partial charge in [0, 0.05) is 0 Å². The van der Waals surface area contributed by atoms with Crippen LogP contribution in [0.5, 0.6) is 0 Å². The zero-order valence-corrected chi connectivity index (χ0v) is 12.0. The zero-order valence-electron chi connectivity index (χ0n) is 9.70. The smallest absolute Gasteiger partial charge is 0.217 e. The highest BCUT2D eigenvalue weighted by molar-refractivity contribution is 7.99. The van der Waals surface area contributed by atoms with Crippen LogP contribution < -0.4 is 0 Å². The molecule has 3 rings (SSSR count). The minimum Gasteiger partial charge on any atom is -0.217 e. The maximum absolute atomic E-state index is 5.74. The summed E-state index contributed by atoms with van der Waals surface area (Å²) >= 11 is 12.7. The summed E-state index contributed by atoms with van der Waals surface area (Å²) in [6.07, 6.45) is 4.60. The minimum atomic E-state index is 0.0578. The van der Waals surface area contributed by atoms with E-state index in [-0.39, 0.29) is 10.6 Å². The van der Waals surface area contributed by atoms with E-state index < -0.39 is 0 Å². The van der Waals surface area contributed by atoms with Crippen molar-refractivity contribution in [1.29, 1.82) is 0 Å². The Bertz CT molecular complexity index is 563. The normalized spacial score (nSPS) is 16.1. The predicted molar refractivity (Wildman–Crippen MR) is 69.3 cm³/mol. The van der Waals surface area contributed by atoms with Gasteiger partial charge in [-0.1, -0.05) is 12.8 Å². The predicted octanol–water partition coefficient (Wildman–Crippen LogP) is 2.43. The topological polar surface area (TPSA) is 82.3 Å². The Balaban J connectivity index is 1.85. The molecule has 0 spiro atoms. The zero-order chi connectivity index (χ0) is 13.2. The molecule has 19 heavy (non-hydrogen) atoms. The van der Waals surface area contributed by atoms with Gasteiger partial charge in [-0.3, -0.25) is 0 Å². The first kappa shape index (κ1) is 13.0. The average molecular weight is 318 g/mol. The molecule has 0 aromatic carbocycles. The van der Waals surface area contributed by atoms with Gasteiger partial charge in [0.1, 0.15) is 0 Å². The number of halogens is 2. The van der Waals surface area contributed by atoms with Crippen molar-refractivity contribution in [3.05, 3.63) is 10.6 Å². The van der Waals surface area contributed by atoms with Crippen LogP contribution in [0.3, 0.4) is 0 Å². The second-order valence-electron chi connectivity index (χ2n) is 4.10. The van der Waals surface area contributed by atoms with E-state index >= 15 is 0 Å². The fourth-order valence-corrected chi connectivity index (χ4v) is 3.31. The van der Waals surface area contributed by atoms with Crippen LogP contribution >= 0.6 is 35.0 Å². The quantitative estimate of drug-likeness (QED) is 0.859. The standard InChI is InChI=1S/C9H9Cl2N7S/c10-6-12-7(11)14-8(13-6)19-9-15-16-17-18(9)5-3-1-2-4-5/h5H,1-4H2. The summed E-state index contributed by atoms with van der Waals surface area (Å²) in [7, 11) is 0. The first-order chi connectivity index (χ1) is 9.22. The minimum absolute atomic E-state index is 0.0578. The molecule has 0 unspecified atom stereocenters. The number of rotatable bonds is 3. The van der Waals surface area contributed by atoms with Crippen molar-refractivity contribution in [2.45, 2.75) is 42.0 Å². The second kappa shape index (κ2) is 5.56. The molecule has 2 heterocycles. The van der Waals surface area contributed by atoms with Crippen molar-refractivity contribution < 1.29 is 0 Å². The molecule has 0 aliphatic heterocycles. The van der Waals surface area contributed by atoms with Gasteiger partial charge in [-0.2, -0.15) is 15.0 Å². The monoisotopic (exact) mass is 317 g/mol. The summed E-state index contributed by atoms with van der Waals surface area (Å²) in [4.78, 5) is 11.7. The van der Waals surface area contributed by atoms with Gasteiger partial charge in [-0.05, 0) is 58.2 Å². The van der Waals surface area contributed by atoms with Crippen molar-refractivity contribution in [3.63, 3.8) is 0 Å². The molecule has 100 valence electrons. The average Bonchev–Trinajstić information content (AvgIpc) is 2.96. The van der Waals surface area contributed by atoms with Crippen LogP contribution in [0.4, 0.5) is 0 Å². The van der Waals surface area contributed by atoms with E-state index in [0.717, 1.165) is 12.8 Å². The molecule has 0 radical (unpaired) electrons. The molecular formula is C9H9Cl2N7S. The number of hydrogen-bond acceptors (Lipinski definition) is 7. The van der Waals surface area contributed by atoms with Crippen molar-refractivity contribution in [1.82, 2.24) is 35.2 Å². The van der Waals surface area contributed by atoms with Crippen LogP contribution in [0.25, 0.3) is 0 Å². The number of tetrazole rings is 1. The lowest BCUT2D eigenvalue weighted by atomic mass is 10.3. The van der Waals surface area contributed by atoms with E-state index in [1.54, 1.807) is 0 Å². The Morgan fingerprint density at radius 3 is 2.42 bits per heavy atom. The Morgan fingerprint density at radius 2 is 1.74 bits per heavy atom. The van der Waals surface area contributed by atoms with Gasteiger partial charge in [0.25, 0.3) is 0 Å². The van der Waals surface area contributed by atoms with Crippen molar-refractivity contribution in [3.8, 4) is 0 Å². The van der Waals surface area contributed by atoms with E-state index in [0.29, 0.717) is 16.4 Å². The fraction of sp³-hybridized carbons (Fsp3) is 0.556. The lowest BCUT2D eigenvalue weighted by Gasteiger charge is -2.09. The molecule has 0 saturated heterocycles. The first-order valence-corrected chi connectivity index (χ1v) is 7.32. The highest BCUT2D eigenvalue weighted by Crippen LogP contribution is 2.33. The third-order valence-electron chi connectivity index (χ3n) is 2.88. The van der Waals surface area contributed by atoms with Gasteiger partial charge >= 0.3 is 0 Å². The van der Waals surface area contributed by atoms with Gasteiger partial charge in [0.15, 0.2) is 0 Å². The third kappa shape index (κ3) is 2.96. The molecule has 1 saturated carbocycles. The van der Waals surface area contributed by atoms with Gasteiger partial charge in [0.05, 0.1) is 6.04 Å². The molecule has 2 aromatic rings. The molecule has 10 heteroatoms. The van der Waals surface area contributed by atoms with Crippen LogP contribution in [-0.2, 0) is 0 Å². The summed E-state index contributed by atoms with van der Waals surface area (Å²) in [5.74, 6) is 0. The van der Waals surface area contributed by atoms with Crippen molar-refractivity contribution in [2.75, 3.05) is 0 Å². The highest BCUT2D eigenvalue weighted by Gasteiger charge is 2.22. The summed E-state index contributed by atoms with van der Waals surface area (Å²) in [6, 6.07) is 0.352. The van der Waals surface area contributed by atoms with E-state index in [4.69, 9.17) is 23.2 Å². The lowest BCUT2D eigenvalue weighted by molar-refractivity contribution is 0.423. The highest BCUT2D eigenvalue weighted by atomic mass is 35.5. The van der Waals surface area contributed by atoms with Crippen LogP contribution in [0.15, 0.2) is 10.3 Å². The molecular weight excluding hydrogens is 309 g/mol. The van der Waals surface area contributed by atoms with Gasteiger partial charge in [0.2, 0.25) is 20.9 Å². The molecule has 7 nitrogen and oxygen atoms in total. The molecule has 2 aromatic heterocycles. The SMILES string of the molecule is Clc1nc(Cl)nc(Sc2nnnn2C2CCCC2)n1. The second-order valence-corrected chi connectivity index (χ2v) is 5.71. The lowest BCUT2D eigenvalue weighted by Crippen LogP contribution is -2.08.